The summed E-state index contributed by atoms with van der Waals surface area (Å²) in [7, 11) is -3.59. The molecule has 6 nitrogen and oxygen atoms in total. The lowest BCUT2D eigenvalue weighted by atomic mass is 9.97. The Kier molecular flexibility index (Phi) is 6.22. The Morgan fingerprint density at radius 1 is 0.967 bits per heavy atom. The number of piperidine rings is 1. The number of rotatable bonds is 4. The molecular weight excluding hydrogens is 400 g/mol. The van der Waals surface area contributed by atoms with Gasteiger partial charge in [0.15, 0.2) is 0 Å². The summed E-state index contributed by atoms with van der Waals surface area (Å²) in [6.07, 6.45) is 1.17. The molecule has 0 spiro atoms. The molecule has 2 saturated heterocycles. The third-order valence-electron chi connectivity index (χ3n) is 5.86. The van der Waals surface area contributed by atoms with Crippen molar-refractivity contribution >= 4 is 15.9 Å². The van der Waals surface area contributed by atoms with Crippen molar-refractivity contribution in [3.63, 3.8) is 0 Å². The lowest BCUT2D eigenvalue weighted by Crippen LogP contribution is -2.51. The summed E-state index contributed by atoms with van der Waals surface area (Å²) in [5.74, 6) is -0.294. The molecule has 1 amide bonds. The highest BCUT2D eigenvalue weighted by molar-refractivity contribution is 7.89. The molecular formula is C23H28N2O4S. The van der Waals surface area contributed by atoms with Crippen molar-refractivity contribution in [1.82, 2.24) is 9.21 Å². The first kappa shape index (κ1) is 21.0. The van der Waals surface area contributed by atoms with E-state index >= 15 is 0 Å². The van der Waals surface area contributed by atoms with Crippen LogP contribution in [-0.4, -0.2) is 55.8 Å². The summed E-state index contributed by atoms with van der Waals surface area (Å²) < 4.78 is 33.5. The second-order valence-electron chi connectivity index (χ2n) is 8.10. The van der Waals surface area contributed by atoms with E-state index in [-0.39, 0.29) is 35.5 Å². The summed E-state index contributed by atoms with van der Waals surface area (Å²) in [6.45, 7) is 3.69. The normalized spacial score (nSPS) is 25.8. The molecule has 0 bridgehead atoms. The quantitative estimate of drug-likeness (QED) is 0.751. The zero-order valence-corrected chi connectivity index (χ0v) is 18.0. The molecule has 4 rings (SSSR count). The van der Waals surface area contributed by atoms with Crippen LogP contribution in [0, 0.1) is 5.92 Å². The first-order valence-electron chi connectivity index (χ1n) is 10.5. The topological polar surface area (TPSA) is 66.9 Å². The highest BCUT2D eigenvalue weighted by Gasteiger charge is 2.37. The fourth-order valence-electron chi connectivity index (χ4n) is 4.35. The van der Waals surface area contributed by atoms with Gasteiger partial charge < -0.3 is 9.64 Å². The van der Waals surface area contributed by atoms with Crippen LogP contribution < -0.4 is 0 Å². The van der Waals surface area contributed by atoms with E-state index in [1.165, 1.54) is 4.31 Å². The van der Waals surface area contributed by atoms with Gasteiger partial charge >= 0.3 is 0 Å². The molecule has 2 heterocycles. The monoisotopic (exact) mass is 428 g/mol. The average Bonchev–Trinajstić information content (AvgIpc) is 2.79. The fraction of sp³-hybridized carbons (Fsp3) is 0.435. The van der Waals surface area contributed by atoms with E-state index in [1.807, 2.05) is 42.2 Å². The van der Waals surface area contributed by atoms with Crippen LogP contribution in [0.1, 0.15) is 31.4 Å². The lowest BCUT2D eigenvalue weighted by molar-refractivity contribution is -0.150. The van der Waals surface area contributed by atoms with Crippen molar-refractivity contribution in [2.75, 3.05) is 26.2 Å². The Morgan fingerprint density at radius 3 is 2.33 bits per heavy atom. The highest BCUT2D eigenvalue weighted by atomic mass is 32.2. The van der Waals surface area contributed by atoms with Crippen molar-refractivity contribution < 1.29 is 17.9 Å². The zero-order chi connectivity index (χ0) is 21.1. The summed E-state index contributed by atoms with van der Waals surface area (Å²) in [5.41, 5.74) is 1.05. The highest BCUT2D eigenvalue weighted by Crippen LogP contribution is 2.29. The first-order valence-corrected chi connectivity index (χ1v) is 11.9. The second kappa shape index (κ2) is 8.88. The second-order valence-corrected chi connectivity index (χ2v) is 10.0. The van der Waals surface area contributed by atoms with E-state index in [4.69, 9.17) is 4.74 Å². The van der Waals surface area contributed by atoms with Crippen LogP contribution in [0.5, 0.6) is 0 Å². The number of amides is 1. The molecule has 2 aromatic rings. The smallest absolute Gasteiger partial charge is 0.243 e. The van der Waals surface area contributed by atoms with Crippen molar-refractivity contribution in [2.45, 2.75) is 36.9 Å². The van der Waals surface area contributed by atoms with E-state index in [1.54, 1.807) is 30.3 Å². The zero-order valence-electron chi connectivity index (χ0n) is 17.2. The molecule has 2 aliphatic rings. The van der Waals surface area contributed by atoms with E-state index in [0.717, 1.165) is 5.56 Å². The molecule has 2 fully saturated rings. The SMILES string of the molecule is CC1CN(C(=O)C2CCCN(S(=O)(=O)c3ccccc3)C2)CC(c2ccccc2)O1. The van der Waals surface area contributed by atoms with Gasteiger partial charge in [0, 0.05) is 19.6 Å². The van der Waals surface area contributed by atoms with Gasteiger partial charge in [0.1, 0.15) is 6.10 Å². The average molecular weight is 429 g/mol. The molecule has 2 aliphatic heterocycles. The summed E-state index contributed by atoms with van der Waals surface area (Å²) in [6, 6.07) is 18.4. The standard InChI is InChI=1S/C23H28N2O4S/c1-18-15-24(17-22(29-18)19-9-4-2-5-10-19)23(26)20-11-8-14-25(16-20)30(27,28)21-12-6-3-7-13-21/h2-7,9-10,12-13,18,20,22H,8,11,14-17H2,1H3. The number of morpholine rings is 1. The number of hydrogen-bond donors (Lipinski definition) is 0. The van der Waals surface area contributed by atoms with Crippen molar-refractivity contribution in [3.8, 4) is 0 Å². The maximum Gasteiger partial charge on any atom is 0.243 e. The predicted molar refractivity (Wildman–Crippen MR) is 114 cm³/mol. The number of carbonyl (C=O) groups excluding carboxylic acids is 1. The number of sulfonamides is 1. The fourth-order valence-corrected chi connectivity index (χ4v) is 5.89. The Balaban J connectivity index is 1.47. The molecule has 0 N–H and O–H groups in total. The third-order valence-corrected chi connectivity index (χ3v) is 7.74. The number of nitrogens with zero attached hydrogens (tertiary/aromatic N) is 2. The van der Waals surface area contributed by atoms with E-state index in [0.29, 0.717) is 32.5 Å². The predicted octanol–water partition coefficient (Wildman–Crippen LogP) is 3.08. The molecule has 0 radical (unpaired) electrons. The van der Waals surface area contributed by atoms with E-state index < -0.39 is 10.0 Å². The van der Waals surface area contributed by atoms with Crippen molar-refractivity contribution in [1.29, 1.82) is 0 Å². The largest absolute Gasteiger partial charge is 0.367 e. The van der Waals surface area contributed by atoms with Gasteiger partial charge in [-0.15, -0.1) is 0 Å². The molecule has 2 aromatic carbocycles. The third kappa shape index (κ3) is 4.43. The maximum atomic E-state index is 13.3. The van der Waals surface area contributed by atoms with Crippen LogP contribution in [0.2, 0.25) is 0 Å². The Bertz CT molecular complexity index is 965. The first-order chi connectivity index (χ1) is 14.4. The van der Waals surface area contributed by atoms with Gasteiger partial charge in [-0.2, -0.15) is 4.31 Å². The number of benzene rings is 2. The van der Waals surface area contributed by atoms with Crippen LogP contribution in [0.3, 0.4) is 0 Å². The van der Waals surface area contributed by atoms with Gasteiger partial charge in [-0.25, -0.2) is 8.42 Å². The van der Waals surface area contributed by atoms with Crippen LogP contribution in [0.25, 0.3) is 0 Å². The molecule has 30 heavy (non-hydrogen) atoms. The molecule has 0 aliphatic carbocycles. The number of hydrogen-bond acceptors (Lipinski definition) is 4. The molecule has 0 saturated carbocycles. The summed E-state index contributed by atoms with van der Waals surface area (Å²) in [4.78, 5) is 15.5. The summed E-state index contributed by atoms with van der Waals surface area (Å²) in [5, 5.41) is 0. The Morgan fingerprint density at radius 2 is 1.63 bits per heavy atom. The minimum Gasteiger partial charge on any atom is -0.367 e. The van der Waals surface area contributed by atoms with Crippen molar-refractivity contribution in [3.05, 3.63) is 66.2 Å². The maximum absolute atomic E-state index is 13.3. The van der Waals surface area contributed by atoms with Crippen molar-refractivity contribution in [2.24, 2.45) is 5.92 Å². The Hall–Kier alpha value is -2.22. The van der Waals surface area contributed by atoms with Gasteiger partial charge in [0.25, 0.3) is 0 Å². The van der Waals surface area contributed by atoms with Gasteiger partial charge in [-0.1, -0.05) is 48.5 Å². The summed E-state index contributed by atoms with van der Waals surface area (Å²) >= 11 is 0. The van der Waals surface area contributed by atoms with Crippen LogP contribution in [-0.2, 0) is 19.6 Å². The van der Waals surface area contributed by atoms with Gasteiger partial charge in [0.2, 0.25) is 15.9 Å². The van der Waals surface area contributed by atoms with Crippen LogP contribution in [0.4, 0.5) is 0 Å². The minimum absolute atomic E-state index is 0.0269. The van der Waals surface area contributed by atoms with Gasteiger partial charge in [-0.05, 0) is 37.5 Å². The number of carbonyl (C=O) groups is 1. The lowest BCUT2D eigenvalue weighted by Gasteiger charge is -2.40. The minimum atomic E-state index is -3.59. The molecule has 0 aromatic heterocycles. The Labute approximate surface area is 178 Å². The van der Waals surface area contributed by atoms with Gasteiger partial charge in [0.05, 0.1) is 23.5 Å². The molecule has 3 atom stereocenters. The van der Waals surface area contributed by atoms with Gasteiger partial charge in [-0.3, -0.25) is 4.79 Å². The molecule has 7 heteroatoms. The number of ether oxygens (including phenoxy) is 1. The van der Waals surface area contributed by atoms with E-state index in [2.05, 4.69) is 0 Å². The molecule has 3 unspecified atom stereocenters. The van der Waals surface area contributed by atoms with Crippen LogP contribution >= 0.6 is 0 Å². The molecule has 160 valence electrons. The van der Waals surface area contributed by atoms with Crippen LogP contribution in [0.15, 0.2) is 65.6 Å². The van der Waals surface area contributed by atoms with E-state index in [9.17, 15) is 13.2 Å².